The first-order valence-electron chi connectivity index (χ1n) is 18.7. The number of rotatable bonds is 10. The van der Waals surface area contributed by atoms with Crippen molar-refractivity contribution in [1.29, 1.82) is 5.26 Å². The van der Waals surface area contributed by atoms with E-state index in [0.29, 0.717) is 84.8 Å². The third-order valence-electron chi connectivity index (χ3n) is 11.4. The van der Waals surface area contributed by atoms with E-state index in [1.54, 1.807) is 25.3 Å². The zero-order chi connectivity index (χ0) is 39.4. The van der Waals surface area contributed by atoms with Crippen molar-refractivity contribution in [2.75, 3.05) is 31.5 Å². The molecule has 3 aromatic heterocycles. The number of pyridine rings is 1. The van der Waals surface area contributed by atoms with Crippen LogP contribution in [0.4, 0.5) is 20.3 Å². The Morgan fingerprint density at radius 2 is 1.88 bits per heavy atom. The molecule has 2 saturated heterocycles. The Labute approximate surface area is 322 Å². The molecular formula is C42H42F2N8O4. The number of nitriles is 1. The molecular weight excluding hydrogens is 719 g/mol. The fraction of sp³-hybridized carbons (Fsp3) is 0.381. The molecule has 2 aromatic carbocycles. The fourth-order valence-corrected chi connectivity index (χ4v) is 8.25. The number of anilines is 2. The number of hydrogen-bond acceptors (Lipinski definition) is 11. The number of carbonyl (C=O) groups is 1. The van der Waals surface area contributed by atoms with Gasteiger partial charge < -0.3 is 19.9 Å². The monoisotopic (exact) mass is 760 g/mol. The van der Waals surface area contributed by atoms with Gasteiger partial charge in [-0.05, 0) is 78.9 Å². The molecule has 8 rings (SSSR count). The lowest BCUT2D eigenvalue weighted by atomic mass is 9.68. The molecule has 3 atom stereocenters. The average molecular weight is 761 g/mol. The third-order valence-corrected chi connectivity index (χ3v) is 11.4. The van der Waals surface area contributed by atoms with Crippen LogP contribution in [0, 0.1) is 22.2 Å². The van der Waals surface area contributed by atoms with E-state index in [-0.39, 0.29) is 17.8 Å². The predicted molar refractivity (Wildman–Crippen MR) is 206 cm³/mol. The van der Waals surface area contributed by atoms with Crippen LogP contribution in [0.25, 0.3) is 27.7 Å². The molecule has 3 N–H and O–H groups in total. The number of fused-ring (bicyclic) bond motifs is 2. The van der Waals surface area contributed by atoms with E-state index >= 15 is 0 Å². The Hall–Kier alpha value is -5.62. The van der Waals surface area contributed by atoms with Crippen molar-refractivity contribution < 1.29 is 28.2 Å². The summed E-state index contributed by atoms with van der Waals surface area (Å²) < 4.78 is 34.4. The van der Waals surface area contributed by atoms with Crippen molar-refractivity contribution in [3.8, 4) is 6.07 Å². The summed E-state index contributed by atoms with van der Waals surface area (Å²) >= 11 is 0. The lowest BCUT2D eigenvalue weighted by Crippen LogP contribution is -2.31. The number of β-amino-alcohol motifs (C(OH)–C–C–N with tert-alkyl or cyclic N) is 1. The van der Waals surface area contributed by atoms with E-state index < -0.39 is 29.0 Å². The molecule has 3 aliphatic rings. The normalized spacial score (nSPS) is 22.6. The summed E-state index contributed by atoms with van der Waals surface area (Å²) in [6, 6.07) is 15.4. The molecule has 14 heteroatoms. The summed E-state index contributed by atoms with van der Waals surface area (Å²) in [4.78, 5) is 33.8. The number of carboxylic acid groups (broad SMARTS) is 1. The van der Waals surface area contributed by atoms with Gasteiger partial charge in [0.15, 0.2) is 17.2 Å². The van der Waals surface area contributed by atoms with Crippen LogP contribution in [0.15, 0.2) is 71.3 Å². The second-order valence-electron chi connectivity index (χ2n) is 16.0. The van der Waals surface area contributed by atoms with E-state index in [4.69, 9.17) is 9.40 Å². The topological polar surface area (TPSA) is 165 Å². The van der Waals surface area contributed by atoms with Gasteiger partial charge >= 0.3 is 5.97 Å². The van der Waals surface area contributed by atoms with Crippen molar-refractivity contribution in [2.45, 2.75) is 65.1 Å². The number of nitrogens with one attached hydrogen (secondary N) is 1. The van der Waals surface area contributed by atoms with Crippen LogP contribution in [0.1, 0.15) is 79.9 Å². The summed E-state index contributed by atoms with van der Waals surface area (Å²) in [5.74, 6) is -1.07. The number of aliphatic carboxylic acids is 1. The standard InChI is InChI=1S/C42H42F2N8O4/c1-41(2)30(8-5-9-31(41)39-49-33-15-24(14-27(18-45)35(33)56-39)20-52-13-11-42(3,23-52)40(54)55)26-6-4-7-28(17-26)47-37-34-32(48-38(50-37)36(43)44)16-25(19-46-34)21-51-12-10-29(53)22-51/h4-9,14-17,19,29,31,36,53H,10-13,20-23H2,1-3H3,(H,54,55)(H,47,48,50). The van der Waals surface area contributed by atoms with Gasteiger partial charge in [-0.1, -0.05) is 44.2 Å². The number of allylic oxidation sites excluding steroid dienone is 4. The SMILES string of the molecule is CC1(C(=O)O)CCN(Cc2cc(C#N)c3oc(C4C=CC=C(c5cccc(Nc6nc(C(F)F)nc7cc(CN8CCC(O)C8)cnc67)c5)C4(C)C)nc3c2)C1. The summed E-state index contributed by atoms with van der Waals surface area (Å²) in [6.07, 6.45) is 5.71. The Morgan fingerprint density at radius 1 is 1.07 bits per heavy atom. The molecule has 3 unspecified atom stereocenters. The Kier molecular flexibility index (Phi) is 9.64. The summed E-state index contributed by atoms with van der Waals surface area (Å²) in [5.41, 5.74) is 4.85. The second-order valence-corrected chi connectivity index (χ2v) is 16.0. The van der Waals surface area contributed by atoms with Crippen molar-refractivity contribution in [3.63, 3.8) is 0 Å². The number of nitrogens with zero attached hydrogens (tertiary/aromatic N) is 7. The lowest BCUT2D eigenvalue weighted by molar-refractivity contribution is -0.147. The van der Waals surface area contributed by atoms with Gasteiger partial charge in [0.2, 0.25) is 5.89 Å². The molecule has 56 heavy (non-hydrogen) atoms. The van der Waals surface area contributed by atoms with Crippen LogP contribution in [0.5, 0.6) is 0 Å². The van der Waals surface area contributed by atoms with E-state index in [9.17, 15) is 29.1 Å². The zero-order valence-corrected chi connectivity index (χ0v) is 31.3. The average Bonchev–Trinajstić information content (AvgIpc) is 3.89. The second kappa shape index (κ2) is 14.5. The van der Waals surface area contributed by atoms with Crippen LogP contribution in [-0.2, 0) is 17.9 Å². The van der Waals surface area contributed by atoms with E-state index in [0.717, 1.165) is 28.8 Å². The fourth-order valence-electron chi connectivity index (χ4n) is 8.25. The van der Waals surface area contributed by atoms with Crippen LogP contribution in [-0.4, -0.2) is 78.2 Å². The van der Waals surface area contributed by atoms with E-state index in [2.05, 4.69) is 50.0 Å². The number of alkyl halides is 2. The highest BCUT2D eigenvalue weighted by atomic mass is 19.3. The van der Waals surface area contributed by atoms with Gasteiger partial charge in [0.25, 0.3) is 6.43 Å². The van der Waals surface area contributed by atoms with Crippen molar-refractivity contribution in [3.05, 3.63) is 101 Å². The summed E-state index contributed by atoms with van der Waals surface area (Å²) in [6.45, 7) is 9.35. The first-order chi connectivity index (χ1) is 26.8. The maximum absolute atomic E-state index is 14.0. The Balaban J connectivity index is 1.05. The molecule has 2 fully saturated rings. The van der Waals surface area contributed by atoms with Gasteiger partial charge in [-0.2, -0.15) is 5.26 Å². The quantitative estimate of drug-likeness (QED) is 0.130. The van der Waals surface area contributed by atoms with Gasteiger partial charge in [-0.15, -0.1) is 0 Å². The molecule has 2 aliphatic heterocycles. The first-order valence-corrected chi connectivity index (χ1v) is 18.7. The Morgan fingerprint density at radius 3 is 2.61 bits per heavy atom. The number of aliphatic hydroxyl groups is 1. The highest BCUT2D eigenvalue weighted by Crippen LogP contribution is 2.50. The molecule has 288 valence electrons. The van der Waals surface area contributed by atoms with Crippen LogP contribution in [0.3, 0.4) is 0 Å². The zero-order valence-electron chi connectivity index (χ0n) is 31.3. The molecule has 0 saturated carbocycles. The number of halogens is 2. The van der Waals surface area contributed by atoms with Gasteiger partial charge in [-0.3, -0.25) is 19.6 Å². The molecule has 0 spiro atoms. The van der Waals surface area contributed by atoms with Gasteiger partial charge in [0, 0.05) is 50.0 Å². The maximum atomic E-state index is 14.0. The molecule has 5 heterocycles. The molecule has 12 nitrogen and oxygen atoms in total. The van der Waals surface area contributed by atoms with Crippen LogP contribution < -0.4 is 5.32 Å². The summed E-state index contributed by atoms with van der Waals surface area (Å²) in [7, 11) is 0. The highest BCUT2D eigenvalue weighted by molar-refractivity contribution is 5.88. The highest BCUT2D eigenvalue weighted by Gasteiger charge is 2.41. The van der Waals surface area contributed by atoms with Crippen molar-refractivity contribution >= 4 is 45.2 Å². The maximum Gasteiger partial charge on any atom is 0.310 e. The number of aromatic nitrogens is 4. The minimum atomic E-state index is -2.89. The third kappa shape index (κ3) is 7.13. The van der Waals surface area contributed by atoms with Crippen LogP contribution >= 0.6 is 0 Å². The molecule has 0 amide bonds. The van der Waals surface area contributed by atoms with Gasteiger partial charge in [0.1, 0.15) is 17.1 Å². The minimum absolute atomic E-state index is 0.167. The van der Waals surface area contributed by atoms with Crippen LogP contribution in [0.2, 0.25) is 0 Å². The molecule has 0 radical (unpaired) electrons. The largest absolute Gasteiger partial charge is 0.481 e. The smallest absolute Gasteiger partial charge is 0.310 e. The molecule has 5 aromatic rings. The lowest BCUT2D eigenvalue weighted by Gasteiger charge is -2.35. The Bertz CT molecular complexity index is 2460. The minimum Gasteiger partial charge on any atom is -0.481 e. The number of oxazole rings is 1. The summed E-state index contributed by atoms with van der Waals surface area (Å²) in [5, 5.41) is 32.9. The number of aliphatic hydroxyl groups excluding tert-OH is 1. The van der Waals surface area contributed by atoms with Gasteiger partial charge in [-0.25, -0.2) is 23.7 Å². The predicted octanol–water partition coefficient (Wildman–Crippen LogP) is 7.35. The van der Waals surface area contributed by atoms with E-state index in [1.807, 2.05) is 48.6 Å². The molecule has 0 bridgehead atoms. The number of benzene rings is 2. The van der Waals surface area contributed by atoms with Crippen molar-refractivity contribution in [2.24, 2.45) is 10.8 Å². The molecule has 1 aliphatic carbocycles. The van der Waals surface area contributed by atoms with Gasteiger partial charge in [0.05, 0.1) is 28.5 Å². The van der Waals surface area contributed by atoms with Crippen molar-refractivity contribution in [1.82, 2.24) is 29.7 Å². The number of likely N-dealkylation sites (tertiary alicyclic amines) is 2. The number of carboxylic acids is 1. The van der Waals surface area contributed by atoms with E-state index in [1.165, 1.54) is 0 Å². The number of hydrogen-bond donors (Lipinski definition) is 3. The first kappa shape index (κ1) is 37.3.